The molecule has 2 aromatic rings. The minimum Gasteiger partial charge on any atom is -0.341 e. The summed E-state index contributed by atoms with van der Waals surface area (Å²) in [5.41, 5.74) is 2.52. The molecular formula is C15H22N6. The molecule has 112 valence electrons. The van der Waals surface area contributed by atoms with Crippen LogP contribution in [0.1, 0.15) is 24.1 Å². The molecule has 6 nitrogen and oxygen atoms in total. The zero-order valence-corrected chi connectivity index (χ0v) is 12.7. The third kappa shape index (κ3) is 3.21. The minimum atomic E-state index is 0.560. The van der Waals surface area contributed by atoms with Gasteiger partial charge in [-0.05, 0) is 25.8 Å². The number of hydrogen-bond donors (Lipinski definition) is 1. The van der Waals surface area contributed by atoms with Gasteiger partial charge >= 0.3 is 0 Å². The van der Waals surface area contributed by atoms with Crippen molar-refractivity contribution in [3.63, 3.8) is 0 Å². The molecule has 0 aliphatic carbocycles. The molecule has 0 atom stereocenters. The van der Waals surface area contributed by atoms with Crippen molar-refractivity contribution in [1.82, 2.24) is 25.1 Å². The lowest BCUT2D eigenvalue weighted by Crippen LogP contribution is -2.42. The number of aromatic nitrogens is 4. The van der Waals surface area contributed by atoms with Crippen molar-refractivity contribution in [3.05, 3.63) is 35.9 Å². The summed E-state index contributed by atoms with van der Waals surface area (Å²) in [6.07, 6.45) is 7.81. The SMILES string of the molecule is Cc1c(CNC2CCN(c3ncccn3)CC2)cnn1C. The van der Waals surface area contributed by atoms with Crippen LogP contribution >= 0.6 is 0 Å². The van der Waals surface area contributed by atoms with Crippen LogP contribution in [0, 0.1) is 6.92 Å². The maximum absolute atomic E-state index is 4.32. The van der Waals surface area contributed by atoms with E-state index in [1.165, 1.54) is 11.3 Å². The van der Waals surface area contributed by atoms with Crippen molar-refractivity contribution in [2.24, 2.45) is 7.05 Å². The fourth-order valence-electron chi connectivity index (χ4n) is 2.71. The van der Waals surface area contributed by atoms with E-state index < -0.39 is 0 Å². The topological polar surface area (TPSA) is 58.9 Å². The first-order chi connectivity index (χ1) is 10.2. The average Bonchev–Trinajstić information content (AvgIpc) is 2.86. The smallest absolute Gasteiger partial charge is 0.225 e. The molecule has 2 aromatic heterocycles. The fraction of sp³-hybridized carbons (Fsp3) is 0.533. The Kier molecular flexibility index (Phi) is 4.15. The standard InChI is InChI=1S/C15H22N6/c1-12-13(11-19-20(12)2)10-18-14-4-8-21(9-5-14)15-16-6-3-7-17-15/h3,6-7,11,14,18H,4-5,8-10H2,1-2H3. The molecule has 0 radical (unpaired) electrons. The lowest BCUT2D eigenvalue weighted by atomic mass is 10.0. The van der Waals surface area contributed by atoms with E-state index in [0.29, 0.717) is 6.04 Å². The van der Waals surface area contributed by atoms with Gasteiger partial charge in [0, 0.05) is 56.4 Å². The summed E-state index contributed by atoms with van der Waals surface area (Å²) in [6.45, 7) is 5.02. The molecule has 1 aliphatic heterocycles. The van der Waals surface area contributed by atoms with E-state index in [1.54, 1.807) is 12.4 Å². The second kappa shape index (κ2) is 6.22. The number of aryl methyl sites for hydroxylation is 1. The molecule has 1 saturated heterocycles. The molecule has 0 aromatic carbocycles. The van der Waals surface area contributed by atoms with Crippen LogP contribution in [0.15, 0.2) is 24.7 Å². The normalized spacial score (nSPS) is 16.4. The van der Waals surface area contributed by atoms with Crippen molar-refractivity contribution < 1.29 is 0 Å². The van der Waals surface area contributed by atoms with Gasteiger partial charge < -0.3 is 10.2 Å². The maximum atomic E-state index is 4.32. The largest absolute Gasteiger partial charge is 0.341 e. The highest BCUT2D eigenvalue weighted by Gasteiger charge is 2.20. The summed E-state index contributed by atoms with van der Waals surface area (Å²) in [6, 6.07) is 2.41. The molecule has 3 rings (SSSR count). The highest BCUT2D eigenvalue weighted by atomic mass is 15.3. The van der Waals surface area contributed by atoms with Gasteiger partial charge in [-0.15, -0.1) is 0 Å². The van der Waals surface area contributed by atoms with E-state index in [0.717, 1.165) is 38.4 Å². The molecule has 0 amide bonds. The van der Waals surface area contributed by atoms with E-state index in [9.17, 15) is 0 Å². The Morgan fingerprint density at radius 3 is 2.57 bits per heavy atom. The summed E-state index contributed by atoms with van der Waals surface area (Å²) in [5.74, 6) is 0.846. The van der Waals surface area contributed by atoms with Crippen molar-refractivity contribution in [3.8, 4) is 0 Å². The lowest BCUT2D eigenvalue weighted by molar-refractivity contribution is 0.411. The van der Waals surface area contributed by atoms with E-state index in [2.05, 4.69) is 32.2 Å². The molecule has 3 heterocycles. The Balaban J connectivity index is 1.49. The van der Waals surface area contributed by atoms with Gasteiger partial charge in [-0.3, -0.25) is 4.68 Å². The Morgan fingerprint density at radius 1 is 1.24 bits per heavy atom. The van der Waals surface area contributed by atoms with E-state index >= 15 is 0 Å². The highest BCUT2D eigenvalue weighted by molar-refractivity contribution is 5.29. The molecular weight excluding hydrogens is 264 g/mol. The van der Waals surface area contributed by atoms with Gasteiger partial charge in [0.05, 0.1) is 6.20 Å². The lowest BCUT2D eigenvalue weighted by Gasteiger charge is -2.32. The van der Waals surface area contributed by atoms with Crippen LogP contribution in [0.25, 0.3) is 0 Å². The number of rotatable bonds is 4. The predicted molar refractivity (Wildman–Crippen MR) is 82.1 cm³/mol. The Bertz CT molecular complexity index is 571. The highest BCUT2D eigenvalue weighted by Crippen LogP contribution is 2.16. The van der Waals surface area contributed by atoms with Gasteiger partial charge in [0.25, 0.3) is 0 Å². The van der Waals surface area contributed by atoms with Crippen LogP contribution in [0.5, 0.6) is 0 Å². The summed E-state index contributed by atoms with van der Waals surface area (Å²) in [4.78, 5) is 10.9. The fourth-order valence-corrected chi connectivity index (χ4v) is 2.71. The summed E-state index contributed by atoms with van der Waals surface area (Å²) >= 11 is 0. The number of hydrogen-bond acceptors (Lipinski definition) is 5. The van der Waals surface area contributed by atoms with Crippen molar-refractivity contribution >= 4 is 5.95 Å². The molecule has 0 spiro atoms. The zero-order chi connectivity index (χ0) is 14.7. The first-order valence-corrected chi connectivity index (χ1v) is 7.47. The first kappa shape index (κ1) is 14.0. The predicted octanol–water partition coefficient (Wildman–Crippen LogP) is 1.28. The summed E-state index contributed by atoms with van der Waals surface area (Å²) < 4.78 is 1.92. The van der Waals surface area contributed by atoms with Crippen LogP contribution in [-0.2, 0) is 13.6 Å². The Hall–Kier alpha value is -1.95. The number of nitrogens with one attached hydrogen (secondary N) is 1. The van der Waals surface area contributed by atoms with Crippen LogP contribution in [-0.4, -0.2) is 38.9 Å². The minimum absolute atomic E-state index is 0.560. The van der Waals surface area contributed by atoms with Gasteiger partial charge in [-0.2, -0.15) is 5.10 Å². The molecule has 0 unspecified atom stereocenters. The van der Waals surface area contributed by atoms with Gasteiger partial charge in [0.15, 0.2) is 0 Å². The maximum Gasteiger partial charge on any atom is 0.225 e. The van der Waals surface area contributed by atoms with E-state index in [4.69, 9.17) is 0 Å². The van der Waals surface area contributed by atoms with Crippen molar-refractivity contribution in [2.45, 2.75) is 32.4 Å². The van der Waals surface area contributed by atoms with Crippen LogP contribution in [0.3, 0.4) is 0 Å². The van der Waals surface area contributed by atoms with Crippen molar-refractivity contribution in [1.29, 1.82) is 0 Å². The van der Waals surface area contributed by atoms with Crippen LogP contribution in [0.4, 0.5) is 5.95 Å². The molecule has 1 N–H and O–H groups in total. The molecule has 21 heavy (non-hydrogen) atoms. The third-order valence-electron chi connectivity index (χ3n) is 4.25. The number of nitrogens with zero attached hydrogens (tertiary/aromatic N) is 5. The van der Waals surface area contributed by atoms with Crippen molar-refractivity contribution in [2.75, 3.05) is 18.0 Å². The monoisotopic (exact) mass is 286 g/mol. The van der Waals surface area contributed by atoms with Gasteiger partial charge in [0.2, 0.25) is 5.95 Å². The Morgan fingerprint density at radius 2 is 1.95 bits per heavy atom. The van der Waals surface area contributed by atoms with Gasteiger partial charge in [-0.1, -0.05) is 0 Å². The summed E-state index contributed by atoms with van der Waals surface area (Å²) in [5, 5.41) is 7.93. The molecule has 6 heteroatoms. The van der Waals surface area contributed by atoms with E-state index in [1.807, 2.05) is 24.0 Å². The average molecular weight is 286 g/mol. The molecule has 1 aliphatic rings. The quantitative estimate of drug-likeness (QED) is 0.917. The molecule has 0 bridgehead atoms. The van der Waals surface area contributed by atoms with Crippen LogP contribution < -0.4 is 10.2 Å². The molecule has 1 fully saturated rings. The molecule has 0 saturated carbocycles. The second-order valence-electron chi connectivity index (χ2n) is 5.57. The first-order valence-electron chi connectivity index (χ1n) is 7.47. The van der Waals surface area contributed by atoms with Crippen LogP contribution in [0.2, 0.25) is 0 Å². The van der Waals surface area contributed by atoms with Gasteiger partial charge in [-0.25, -0.2) is 9.97 Å². The zero-order valence-electron chi connectivity index (χ0n) is 12.7. The third-order valence-corrected chi connectivity index (χ3v) is 4.25. The van der Waals surface area contributed by atoms with Gasteiger partial charge in [0.1, 0.15) is 0 Å². The Labute approximate surface area is 125 Å². The number of piperidine rings is 1. The summed E-state index contributed by atoms with van der Waals surface area (Å²) in [7, 11) is 1.98. The second-order valence-corrected chi connectivity index (χ2v) is 5.57. The number of anilines is 1. The van der Waals surface area contributed by atoms with E-state index in [-0.39, 0.29) is 0 Å².